The lowest BCUT2D eigenvalue weighted by molar-refractivity contribution is 0.415. The molecule has 2 heterocycles. The number of aromatic nitrogens is 2. The Morgan fingerprint density at radius 3 is 2.79 bits per heavy atom. The van der Waals surface area contributed by atoms with Crippen molar-refractivity contribution < 1.29 is 4.74 Å². The second-order valence-electron chi connectivity index (χ2n) is 5.45. The molecular formula is C19H15N3OS. The van der Waals surface area contributed by atoms with Crippen LogP contribution in [0.5, 0.6) is 5.75 Å². The maximum absolute atomic E-state index is 9.77. The van der Waals surface area contributed by atoms with Crippen molar-refractivity contribution in [2.75, 3.05) is 7.11 Å². The van der Waals surface area contributed by atoms with Crippen molar-refractivity contribution in [1.82, 2.24) is 9.55 Å². The van der Waals surface area contributed by atoms with Gasteiger partial charge in [0.05, 0.1) is 34.1 Å². The molecule has 0 N–H and O–H groups in total. The lowest BCUT2D eigenvalue weighted by Gasteiger charge is -2.06. The van der Waals surface area contributed by atoms with E-state index in [1.54, 1.807) is 18.4 Å². The van der Waals surface area contributed by atoms with Crippen molar-refractivity contribution in [3.8, 4) is 22.5 Å². The van der Waals surface area contributed by atoms with E-state index < -0.39 is 0 Å². The highest BCUT2D eigenvalue weighted by Crippen LogP contribution is 2.38. The molecule has 0 amide bonds. The van der Waals surface area contributed by atoms with Crippen LogP contribution < -0.4 is 4.74 Å². The Balaban J connectivity index is 2.08. The number of nitriles is 1. The van der Waals surface area contributed by atoms with Crippen molar-refractivity contribution in [2.24, 2.45) is 0 Å². The largest absolute Gasteiger partial charge is 0.497 e. The fourth-order valence-electron chi connectivity index (χ4n) is 3.09. The van der Waals surface area contributed by atoms with Gasteiger partial charge in [0.25, 0.3) is 0 Å². The van der Waals surface area contributed by atoms with Crippen LogP contribution in [0.2, 0.25) is 0 Å². The topological polar surface area (TPSA) is 50.8 Å². The maximum atomic E-state index is 9.77. The lowest BCUT2D eigenvalue weighted by Crippen LogP contribution is -1.97. The summed E-state index contributed by atoms with van der Waals surface area (Å²) in [6.07, 6.45) is 0. The summed E-state index contributed by atoms with van der Waals surface area (Å²) >= 11 is 1.62. The molecule has 0 aliphatic rings. The molecule has 2 aromatic carbocycles. The van der Waals surface area contributed by atoms with Crippen LogP contribution in [0.4, 0.5) is 0 Å². The smallest absolute Gasteiger partial charge is 0.142 e. The first-order valence-electron chi connectivity index (χ1n) is 7.73. The van der Waals surface area contributed by atoms with Gasteiger partial charge in [0.15, 0.2) is 0 Å². The van der Waals surface area contributed by atoms with Gasteiger partial charge in [-0.15, -0.1) is 11.3 Å². The quantitative estimate of drug-likeness (QED) is 0.540. The van der Waals surface area contributed by atoms with Crippen molar-refractivity contribution in [3.63, 3.8) is 0 Å². The van der Waals surface area contributed by atoms with Gasteiger partial charge in [-0.1, -0.05) is 12.1 Å². The second kappa shape index (κ2) is 5.66. The van der Waals surface area contributed by atoms with E-state index in [1.165, 1.54) is 0 Å². The molecule has 0 saturated carbocycles. The van der Waals surface area contributed by atoms with E-state index in [0.717, 1.165) is 44.1 Å². The Hall–Kier alpha value is -2.84. The number of ether oxygens (including phenoxy) is 1. The normalized spacial score (nSPS) is 11.0. The zero-order valence-corrected chi connectivity index (χ0v) is 14.2. The molecule has 2 aromatic heterocycles. The monoisotopic (exact) mass is 333 g/mol. The molecule has 4 rings (SSSR count). The predicted molar refractivity (Wildman–Crippen MR) is 97.5 cm³/mol. The third kappa shape index (κ3) is 2.08. The number of aryl methyl sites for hydroxylation is 1. The minimum absolute atomic E-state index is 0.675. The van der Waals surface area contributed by atoms with Crippen LogP contribution in [0.25, 0.3) is 31.8 Å². The zero-order valence-electron chi connectivity index (χ0n) is 13.4. The fourth-order valence-corrected chi connectivity index (χ4v) is 4.12. The van der Waals surface area contributed by atoms with Crippen molar-refractivity contribution >= 4 is 32.5 Å². The first-order valence-corrected chi connectivity index (χ1v) is 8.54. The molecule has 0 aliphatic heterocycles. The SMILES string of the molecule is CCn1c(-c2nc3ccccc3s2)c(C#N)c2ccc(OC)cc21. The molecule has 118 valence electrons. The summed E-state index contributed by atoms with van der Waals surface area (Å²) in [6, 6.07) is 16.3. The molecule has 0 aliphatic carbocycles. The molecule has 0 spiro atoms. The summed E-state index contributed by atoms with van der Waals surface area (Å²) in [4.78, 5) is 4.75. The van der Waals surface area contributed by atoms with E-state index in [4.69, 9.17) is 9.72 Å². The van der Waals surface area contributed by atoms with Crippen LogP contribution in [-0.2, 0) is 6.54 Å². The van der Waals surface area contributed by atoms with Gasteiger partial charge in [0, 0.05) is 18.0 Å². The van der Waals surface area contributed by atoms with E-state index >= 15 is 0 Å². The molecule has 0 unspecified atom stereocenters. The fraction of sp³-hybridized carbons (Fsp3) is 0.158. The standard InChI is InChI=1S/C19H15N3OS/c1-3-22-16-10-12(23-2)8-9-13(16)14(11-20)18(22)19-21-15-6-4-5-7-17(15)24-19/h4-10H,3H2,1-2H3. The number of para-hydroxylation sites is 1. The van der Waals surface area contributed by atoms with E-state index in [2.05, 4.69) is 23.6 Å². The van der Waals surface area contributed by atoms with Crippen LogP contribution in [-0.4, -0.2) is 16.7 Å². The summed E-state index contributed by atoms with van der Waals surface area (Å²) in [6.45, 7) is 2.84. The Morgan fingerprint density at radius 2 is 2.08 bits per heavy atom. The third-order valence-corrected chi connectivity index (χ3v) is 5.24. The lowest BCUT2D eigenvalue weighted by atomic mass is 10.1. The zero-order chi connectivity index (χ0) is 16.7. The average molecular weight is 333 g/mol. The molecule has 4 aromatic rings. The van der Waals surface area contributed by atoms with E-state index in [0.29, 0.717) is 5.56 Å². The number of hydrogen-bond donors (Lipinski definition) is 0. The summed E-state index contributed by atoms with van der Waals surface area (Å²) < 4.78 is 8.62. The Bertz CT molecular complexity index is 1070. The van der Waals surface area contributed by atoms with Crippen LogP contribution in [0, 0.1) is 11.3 Å². The molecule has 4 nitrogen and oxygen atoms in total. The summed E-state index contributed by atoms with van der Waals surface area (Å²) in [5.41, 5.74) is 3.53. The van der Waals surface area contributed by atoms with E-state index in [1.807, 2.05) is 36.4 Å². The molecule has 0 atom stereocenters. The average Bonchev–Trinajstić information content (AvgIpc) is 3.18. The van der Waals surface area contributed by atoms with Gasteiger partial charge >= 0.3 is 0 Å². The van der Waals surface area contributed by atoms with Gasteiger partial charge in [-0.3, -0.25) is 0 Å². The van der Waals surface area contributed by atoms with Crippen molar-refractivity contribution in [3.05, 3.63) is 48.0 Å². The molecule has 0 radical (unpaired) electrons. The number of rotatable bonds is 3. The summed E-state index contributed by atoms with van der Waals surface area (Å²) in [5, 5.41) is 11.6. The highest BCUT2D eigenvalue weighted by atomic mass is 32.1. The first kappa shape index (κ1) is 14.7. The van der Waals surface area contributed by atoms with Gasteiger partial charge in [-0.05, 0) is 31.2 Å². The predicted octanol–water partition coefficient (Wildman–Crippen LogP) is 4.82. The number of nitrogens with zero attached hydrogens (tertiary/aromatic N) is 3. The van der Waals surface area contributed by atoms with Crippen LogP contribution in [0.3, 0.4) is 0 Å². The van der Waals surface area contributed by atoms with Gasteiger partial charge in [0.2, 0.25) is 0 Å². The van der Waals surface area contributed by atoms with Gasteiger partial charge in [-0.25, -0.2) is 4.98 Å². The maximum Gasteiger partial charge on any atom is 0.142 e. The highest BCUT2D eigenvalue weighted by Gasteiger charge is 2.21. The van der Waals surface area contributed by atoms with E-state index in [-0.39, 0.29) is 0 Å². The molecule has 5 heteroatoms. The van der Waals surface area contributed by atoms with Gasteiger partial charge in [0.1, 0.15) is 16.8 Å². The number of fused-ring (bicyclic) bond motifs is 2. The molecule has 0 bridgehead atoms. The highest BCUT2D eigenvalue weighted by molar-refractivity contribution is 7.21. The number of methoxy groups -OCH3 is 1. The second-order valence-corrected chi connectivity index (χ2v) is 6.48. The number of hydrogen-bond acceptors (Lipinski definition) is 4. The summed E-state index contributed by atoms with van der Waals surface area (Å²) in [5.74, 6) is 0.787. The van der Waals surface area contributed by atoms with Gasteiger partial charge < -0.3 is 9.30 Å². The van der Waals surface area contributed by atoms with E-state index in [9.17, 15) is 5.26 Å². The number of benzene rings is 2. The minimum atomic E-state index is 0.675. The van der Waals surface area contributed by atoms with Crippen LogP contribution >= 0.6 is 11.3 Å². The molecule has 0 fully saturated rings. The molecule has 24 heavy (non-hydrogen) atoms. The van der Waals surface area contributed by atoms with Crippen molar-refractivity contribution in [2.45, 2.75) is 13.5 Å². The molecule has 0 saturated heterocycles. The van der Waals surface area contributed by atoms with Crippen LogP contribution in [0.1, 0.15) is 12.5 Å². The Labute approximate surface area is 143 Å². The van der Waals surface area contributed by atoms with Crippen molar-refractivity contribution in [1.29, 1.82) is 5.26 Å². The number of thiazole rings is 1. The van der Waals surface area contributed by atoms with Crippen LogP contribution in [0.15, 0.2) is 42.5 Å². The third-order valence-electron chi connectivity index (χ3n) is 4.20. The molecular weight excluding hydrogens is 318 g/mol. The first-order chi connectivity index (χ1) is 11.8. The summed E-state index contributed by atoms with van der Waals surface area (Å²) in [7, 11) is 1.65. The van der Waals surface area contributed by atoms with Gasteiger partial charge in [-0.2, -0.15) is 5.26 Å². The minimum Gasteiger partial charge on any atom is -0.497 e. The Kier molecular flexibility index (Phi) is 3.47. The Morgan fingerprint density at radius 1 is 1.25 bits per heavy atom.